The van der Waals surface area contributed by atoms with E-state index in [1.165, 1.54) is 36.3 Å². The summed E-state index contributed by atoms with van der Waals surface area (Å²) in [5.74, 6) is -2.51. The second-order valence-electron chi connectivity index (χ2n) is 7.54. The third kappa shape index (κ3) is 4.85. The Kier molecular flexibility index (Phi) is 6.16. The molecule has 0 spiro atoms. The molecule has 36 heavy (non-hydrogen) atoms. The number of alkyl halides is 6. The van der Waals surface area contributed by atoms with Crippen molar-refractivity contribution < 1.29 is 36.2 Å². The molecule has 0 aliphatic carbocycles. The first-order chi connectivity index (χ1) is 16.9. The molecule has 2 aromatic carbocycles. The lowest BCUT2D eigenvalue weighted by atomic mass is 10.1. The largest absolute Gasteiger partial charge is 0.478 e. The molecule has 4 aromatic rings. The first-order valence-electron chi connectivity index (χ1n) is 10.1. The first-order valence-corrected chi connectivity index (χ1v) is 10.1. The molecular weight excluding hydrogens is 492 g/mol. The zero-order valence-corrected chi connectivity index (χ0v) is 18.2. The Balaban J connectivity index is 2.02. The maximum absolute atomic E-state index is 13.7. The van der Waals surface area contributed by atoms with Crippen LogP contribution < -0.4 is 0 Å². The van der Waals surface area contributed by atoms with Crippen LogP contribution in [0.4, 0.5) is 26.3 Å². The Labute approximate surface area is 198 Å². The number of aryl methyl sites for hydroxylation is 1. The number of aromatic nitrogens is 5. The number of aliphatic carboxylic acids is 1. The Morgan fingerprint density at radius 1 is 0.917 bits per heavy atom. The molecule has 0 amide bonds. The lowest BCUT2D eigenvalue weighted by Gasteiger charge is -2.12. The molecule has 4 rings (SSSR count). The molecule has 2 aromatic heterocycles. The molecule has 0 unspecified atom stereocenters. The summed E-state index contributed by atoms with van der Waals surface area (Å²) in [4.78, 5) is 16.0. The van der Waals surface area contributed by atoms with Crippen LogP contribution in [-0.4, -0.2) is 35.6 Å². The molecule has 0 bridgehead atoms. The van der Waals surface area contributed by atoms with E-state index < -0.39 is 57.8 Å². The molecule has 0 radical (unpaired) electrons. The van der Waals surface area contributed by atoms with Crippen LogP contribution >= 0.6 is 0 Å². The van der Waals surface area contributed by atoms with Crippen LogP contribution in [-0.2, 0) is 24.2 Å². The van der Waals surface area contributed by atoms with Gasteiger partial charge < -0.3 is 5.11 Å². The summed E-state index contributed by atoms with van der Waals surface area (Å²) in [6.45, 7) is 0. The summed E-state index contributed by atoms with van der Waals surface area (Å²) in [5.41, 5.74) is -3.54. The van der Waals surface area contributed by atoms with Crippen LogP contribution in [0.15, 0.2) is 60.9 Å². The highest BCUT2D eigenvalue weighted by molar-refractivity contribution is 6.19. The highest BCUT2D eigenvalue weighted by atomic mass is 19.4. The number of halogens is 6. The van der Waals surface area contributed by atoms with Crippen molar-refractivity contribution >= 4 is 17.7 Å². The normalized spacial score (nSPS) is 12.7. The maximum Gasteiger partial charge on any atom is 0.417 e. The van der Waals surface area contributed by atoms with Crippen molar-refractivity contribution in [2.24, 2.45) is 7.05 Å². The maximum atomic E-state index is 13.7. The van der Waals surface area contributed by atoms with Gasteiger partial charge in [0.25, 0.3) is 0 Å². The van der Waals surface area contributed by atoms with Crippen molar-refractivity contribution in [3.63, 3.8) is 0 Å². The van der Waals surface area contributed by atoms with Gasteiger partial charge in [-0.15, -0.1) is 5.10 Å². The van der Waals surface area contributed by atoms with Gasteiger partial charge in [-0.2, -0.15) is 31.4 Å². The number of benzene rings is 2. The van der Waals surface area contributed by atoms with E-state index in [4.69, 9.17) is 0 Å². The van der Waals surface area contributed by atoms with Crippen molar-refractivity contribution in [3.05, 3.63) is 77.6 Å². The fourth-order valence-electron chi connectivity index (χ4n) is 3.50. The third-order valence-corrected chi connectivity index (χ3v) is 5.08. The number of carboxylic acids is 1. The predicted molar refractivity (Wildman–Crippen MR) is 116 cm³/mol. The SMILES string of the molecule is Cn1cc(/C(=C\n2nc(-c3ccccc3C(F)(F)F)nc2-c2ccccc2C(F)(F)F)C(=O)O)cn1. The molecule has 0 aliphatic heterocycles. The van der Waals surface area contributed by atoms with Crippen molar-refractivity contribution in [1.82, 2.24) is 24.5 Å². The summed E-state index contributed by atoms with van der Waals surface area (Å²) in [7, 11) is 1.52. The molecular formula is C23H15F6N5O2. The molecule has 0 fully saturated rings. The summed E-state index contributed by atoms with van der Waals surface area (Å²) < 4.78 is 84.1. The molecule has 0 saturated heterocycles. The first kappa shape index (κ1) is 24.7. The van der Waals surface area contributed by atoms with Gasteiger partial charge >= 0.3 is 18.3 Å². The highest BCUT2D eigenvalue weighted by Crippen LogP contribution is 2.39. The van der Waals surface area contributed by atoms with E-state index in [0.717, 1.165) is 47.3 Å². The van der Waals surface area contributed by atoms with Crippen molar-refractivity contribution in [2.45, 2.75) is 12.4 Å². The van der Waals surface area contributed by atoms with Gasteiger partial charge in [-0.25, -0.2) is 14.5 Å². The fourth-order valence-corrected chi connectivity index (χ4v) is 3.50. The van der Waals surface area contributed by atoms with E-state index in [-0.39, 0.29) is 5.56 Å². The van der Waals surface area contributed by atoms with Crippen LogP contribution in [0.1, 0.15) is 16.7 Å². The van der Waals surface area contributed by atoms with E-state index in [1.807, 2.05) is 0 Å². The summed E-state index contributed by atoms with van der Waals surface area (Å²) in [5, 5.41) is 17.6. The van der Waals surface area contributed by atoms with Crippen molar-refractivity contribution in [2.75, 3.05) is 0 Å². The summed E-state index contributed by atoms with van der Waals surface area (Å²) in [6, 6.07) is 8.58. The Morgan fingerprint density at radius 3 is 2.00 bits per heavy atom. The molecule has 186 valence electrons. The minimum absolute atomic E-state index is 0.0906. The van der Waals surface area contributed by atoms with E-state index in [2.05, 4.69) is 15.2 Å². The minimum atomic E-state index is -4.83. The van der Waals surface area contributed by atoms with Gasteiger partial charge in [0, 0.05) is 36.1 Å². The third-order valence-electron chi connectivity index (χ3n) is 5.08. The molecule has 13 heteroatoms. The smallest absolute Gasteiger partial charge is 0.417 e. The Bertz CT molecular complexity index is 1470. The van der Waals surface area contributed by atoms with Gasteiger partial charge in [-0.1, -0.05) is 36.4 Å². The van der Waals surface area contributed by atoms with Gasteiger partial charge in [-0.05, 0) is 12.1 Å². The minimum Gasteiger partial charge on any atom is -0.478 e. The van der Waals surface area contributed by atoms with E-state index in [0.29, 0.717) is 0 Å². The number of nitrogens with zero attached hydrogens (tertiary/aromatic N) is 5. The van der Waals surface area contributed by atoms with E-state index in [1.54, 1.807) is 0 Å². The fraction of sp³-hybridized carbons (Fsp3) is 0.130. The number of hydrogen-bond acceptors (Lipinski definition) is 4. The van der Waals surface area contributed by atoms with Crippen molar-refractivity contribution in [1.29, 1.82) is 0 Å². The van der Waals surface area contributed by atoms with Crippen LogP contribution in [0.5, 0.6) is 0 Å². The quantitative estimate of drug-likeness (QED) is 0.286. The van der Waals surface area contributed by atoms with Crippen LogP contribution in [0.25, 0.3) is 34.5 Å². The zero-order valence-electron chi connectivity index (χ0n) is 18.2. The average molecular weight is 507 g/mol. The molecule has 0 atom stereocenters. The lowest BCUT2D eigenvalue weighted by molar-refractivity contribution is -0.137. The van der Waals surface area contributed by atoms with Gasteiger partial charge in [0.2, 0.25) is 0 Å². The van der Waals surface area contributed by atoms with Crippen LogP contribution in [0, 0.1) is 0 Å². The average Bonchev–Trinajstić information content (AvgIpc) is 3.42. The molecule has 2 heterocycles. The van der Waals surface area contributed by atoms with Crippen molar-refractivity contribution in [3.8, 4) is 22.8 Å². The van der Waals surface area contributed by atoms with Gasteiger partial charge in [0.1, 0.15) is 0 Å². The van der Waals surface area contributed by atoms with Crippen LogP contribution in [0.3, 0.4) is 0 Å². The van der Waals surface area contributed by atoms with Crippen LogP contribution in [0.2, 0.25) is 0 Å². The van der Waals surface area contributed by atoms with Gasteiger partial charge in [-0.3, -0.25) is 4.68 Å². The monoisotopic (exact) mass is 507 g/mol. The molecule has 7 nitrogen and oxygen atoms in total. The van der Waals surface area contributed by atoms with Gasteiger partial charge in [0.05, 0.1) is 22.9 Å². The predicted octanol–water partition coefficient (Wildman–Crippen LogP) is 5.47. The molecule has 0 aliphatic rings. The zero-order chi connectivity index (χ0) is 26.3. The Hall–Kier alpha value is -4.42. The molecule has 1 N–H and O–H groups in total. The Morgan fingerprint density at radius 2 is 1.47 bits per heavy atom. The number of carboxylic acid groups (broad SMARTS) is 1. The second-order valence-corrected chi connectivity index (χ2v) is 7.54. The number of carbonyl (C=O) groups is 1. The summed E-state index contributed by atoms with van der Waals surface area (Å²) in [6.07, 6.45) is -6.20. The second kappa shape index (κ2) is 8.98. The standard InChI is InChI=1S/C23H15F6N5O2/c1-33-11-13(10-30-33)16(21(35)36)12-34-20(15-7-3-5-9-18(15)23(27,28)29)31-19(32-34)14-6-2-4-8-17(14)22(24,25)26/h2-12H,1H3,(H,35,36)/b16-12+. The highest BCUT2D eigenvalue weighted by Gasteiger charge is 2.37. The van der Waals surface area contributed by atoms with Gasteiger partial charge in [0.15, 0.2) is 11.6 Å². The topological polar surface area (TPSA) is 85.8 Å². The lowest BCUT2D eigenvalue weighted by Crippen LogP contribution is -2.09. The van der Waals surface area contributed by atoms with E-state index >= 15 is 0 Å². The number of hydrogen-bond donors (Lipinski definition) is 1. The number of rotatable bonds is 5. The molecule has 0 saturated carbocycles. The summed E-state index contributed by atoms with van der Waals surface area (Å²) >= 11 is 0. The van der Waals surface area contributed by atoms with E-state index in [9.17, 15) is 36.2 Å².